The van der Waals surface area contributed by atoms with Gasteiger partial charge in [0, 0.05) is 87.9 Å². The van der Waals surface area contributed by atoms with E-state index < -0.39 is 0 Å². The van der Waals surface area contributed by atoms with Crippen molar-refractivity contribution in [3.63, 3.8) is 0 Å². The maximum Gasteiger partial charge on any atom is 0.220 e. The van der Waals surface area contributed by atoms with Gasteiger partial charge in [-0.05, 0) is 82.2 Å². The third-order valence-electron chi connectivity index (χ3n) is 8.47. The van der Waals surface area contributed by atoms with Gasteiger partial charge in [-0.2, -0.15) is 0 Å². The molecule has 0 aliphatic rings. The Labute approximate surface area is 394 Å². The summed E-state index contributed by atoms with van der Waals surface area (Å²) in [6, 6.07) is 59.8. The molecule has 0 saturated carbocycles. The molecule has 0 bridgehead atoms. The number of hydrogen-bond donors (Lipinski definition) is 3. The molecule has 0 heterocycles. The Kier molecular flexibility index (Phi) is 21.2. The van der Waals surface area contributed by atoms with Crippen molar-refractivity contribution in [1.29, 1.82) is 0 Å². The topological polar surface area (TPSA) is 113 Å². The van der Waals surface area contributed by atoms with Crippen LogP contribution in [0, 0.1) is 14.9 Å². The van der Waals surface area contributed by atoms with Gasteiger partial charge in [-0.1, -0.05) is 140 Å². The standard InChI is InChI=1S/C34H24N2O2.C7H6O2.C7H6O.2CH3.2Y/c37-31-17-5-1-3-15-27(31)35-29-21-19-23-11-7-9-13-25(23)33(29)34-26-14-10-8-12-24(26)20-22-30(34)36-28-16-4-2-6-18-32(28)38;8-6-4-2-1-3-5-7(6)9;8-7-5-3-1-2-4-6-7;;;;/h1-22H,(H,35,37)(H,36,38);1-5H,(H,8,9);1-6H;2*1H3;;/q;;;2*-1;;. The summed E-state index contributed by atoms with van der Waals surface area (Å²) in [5, 5.41) is 19.8. The van der Waals surface area contributed by atoms with Gasteiger partial charge in [0.05, 0.1) is 11.4 Å². The number of fused-ring (bicyclic) bond motifs is 2. The minimum absolute atomic E-state index is 0. The first-order chi connectivity index (χ1) is 26.9. The van der Waals surface area contributed by atoms with Crippen molar-refractivity contribution in [2.24, 2.45) is 0 Å². The van der Waals surface area contributed by atoms with E-state index >= 15 is 0 Å². The van der Waals surface area contributed by atoms with Crippen molar-refractivity contribution in [2.75, 3.05) is 10.6 Å². The Morgan fingerprint density at radius 3 is 1.12 bits per heavy atom. The van der Waals surface area contributed by atoms with Crippen LogP contribution in [0.4, 0.5) is 22.7 Å². The molecular formula is C50H42N2O5Y2-2. The maximum atomic E-state index is 12.8. The summed E-state index contributed by atoms with van der Waals surface area (Å²) in [6.45, 7) is 0. The van der Waals surface area contributed by atoms with Crippen LogP contribution in [0.15, 0.2) is 219 Å². The van der Waals surface area contributed by atoms with E-state index in [0.717, 1.165) is 44.0 Å². The summed E-state index contributed by atoms with van der Waals surface area (Å²) in [5.41, 5.74) is 3.96. The van der Waals surface area contributed by atoms with Crippen LogP contribution in [-0.2, 0) is 65.4 Å². The zero-order chi connectivity index (χ0) is 38.4. The number of anilines is 4. The molecule has 2 radical (unpaired) electrons. The molecule has 0 saturated heterocycles. The van der Waals surface area contributed by atoms with Crippen LogP contribution >= 0.6 is 0 Å². The Balaban J connectivity index is 0.000000477. The number of benzene rings is 4. The van der Waals surface area contributed by atoms with E-state index in [1.54, 1.807) is 66.7 Å². The van der Waals surface area contributed by atoms with Gasteiger partial charge in [-0.15, -0.1) is 0 Å². The molecule has 8 aromatic carbocycles. The number of nitrogens with one attached hydrogen (secondary N) is 2. The number of aromatic hydroxyl groups is 1. The Bertz CT molecular complexity index is 2690. The van der Waals surface area contributed by atoms with Crippen molar-refractivity contribution in [3.8, 4) is 16.9 Å². The molecule has 0 aliphatic carbocycles. The maximum absolute atomic E-state index is 12.8. The average molecular weight is 929 g/mol. The summed E-state index contributed by atoms with van der Waals surface area (Å²) in [4.78, 5) is 46.7. The fourth-order valence-corrected chi connectivity index (χ4v) is 5.85. The van der Waals surface area contributed by atoms with Crippen molar-refractivity contribution in [3.05, 3.63) is 256 Å². The molecule has 290 valence electrons. The molecule has 59 heavy (non-hydrogen) atoms. The average Bonchev–Trinajstić information content (AvgIpc) is 3.73. The van der Waals surface area contributed by atoms with Crippen LogP contribution in [-0.4, -0.2) is 5.11 Å². The van der Waals surface area contributed by atoms with Gasteiger partial charge in [0.25, 0.3) is 0 Å². The smallest absolute Gasteiger partial charge is 0.220 e. The minimum atomic E-state index is -0.347. The molecule has 3 N–H and O–H groups in total. The third kappa shape index (κ3) is 13.6. The second-order valence-corrected chi connectivity index (χ2v) is 12.2. The minimum Gasteiger partial charge on any atom is -0.504 e. The zero-order valence-corrected chi connectivity index (χ0v) is 38.5. The predicted octanol–water partition coefficient (Wildman–Crippen LogP) is 10.6. The quantitative estimate of drug-likeness (QED) is 0.147. The second kappa shape index (κ2) is 25.1. The molecule has 0 atom stereocenters. The van der Waals surface area contributed by atoms with Crippen LogP contribution < -0.4 is 32.3 Å². The van der Waals surface area contributed by atoms with E-state index in [4.69, 9.17) is 5.11 Å². The zero-order valence-electron chi connectivity index (χ0n) is 32.8. The van der Waals surface area contributed by atoms with Crippen molar-refractivity contribution >= 4 is 44.3 Å². The monoisotopic (exact) mass is 928 g/mol. The van der Waals surface area contributed by atoms with Gasteiger partial charge in [-0.25, -0.2) is 0 Å². The summed E-state index contributed by atoms with van der Waals surface area (Å²) in [7, 11) is 0. The van der Waals surface area contributed by atoms with E-state index in [9.17, 15) is 19.2 Å². The van der Waals surface area contributed by atoms with Crippen LogP contribution in [0.25, 0.3) is 32.7 Å². The van der Waals surface area contributed by atoms with Crippen molar-refractivity contribution in [2.45, 2.75) is 0 Å². The van der Waals surface area contributed by atoms with E-state index in [-0.39, 0.29) is 108 Å². The van der Waals surface area contributed by atoms with Gasteiger partial charge >= 0.3 is 0 Å². The Morgan fingerprint density at radius 2 is 0.661 bits per heavy atom. The molecule has 0 unspecified atom stereocenters. The molecule has 8 rings (SSSR count). The van der Waals surface area contributed by atoms with Crippen LogP contribution in [0.3, 0.4) is 0 Å². The molecule has 0 spiro atoms. The van der Waals surface area contributed by atoms with E-state index in [0.29, 0.717) is 11.4 Å². The summed E-state index contributed by atoms with van der Waals surface area (Å²) in [6.07, 6.45) is 0. The van der Waals surface area contributed by atoms with Crippen LogP contribution in [0.5, 0.6) is 5.75 Å². The van der Waals surface area contributed by atoms with E-state index in [1.807, 2.05) is 72.8 Å². The largest absolute Gasteiger partial charge is 0.504 e. The molecule has 7 nitrogen and oxygen atoms in total. The first kappa shape index (κ1) is 49.7. The van der Waals surface area contributed by atoms with E-state index in [2.05, 4.69) is 47.0 Å². The Hall–Kier alpha value is -5.43. The molecule has 0 aromatic heterocycles. The number of rotatable bonds is 5. The predicted molar refractivity (Wildman–Crippen MR) is 239 cm³/mol. The fourth-order valence-electron chi connectivity index (χ4n) is 5.85. The van der Waals surface area contributed by atoms with Gasteiger partial charge in [-0.3, -0.25) is 19.2 Å². The molecular weight excluding hydrogens is 886 g/mol. The first-order valence-electron chi connectivity index (χ1n) is 17.5. The fraction of sp³-hybridized carbons (Fsp3) is 0. The normalized spacial score (nSPS) is 9.49. The summed E-state index contributed by atoms with van der Waals surface area (Å²) < 4.78 is 0. The summed E-state index contributed by atoms with van der Waals surface area (Å²) >= 11 is 0. The first-order valence-corrected chi connectivity index (χ1v) is 17.5. The summed E-state index contributed by atoms with van der Waals surface area (Å²) in [5.74, 6) is -0.208. The van der Waals surface area contributed by atoms with Crippen LogP contribution in [0.1, 0.15) is 0 Å². The molecule has 0 aliphatic heterocycles. The second-order valence-electron chi connectivity index (χ2n) is 12.2. The Morgan fingerprint density at radius 1 is 0.322 bits per heavy atom. The van der Waals surface area contributed by atoms with Crippen LogP contribution in [0.2, 0.25) is 0 Å². The van der Waals surface area contributed by atoms with Crippen molar-refractivity contribution < 1.29 is 70.5 Å². The van der Waals surface area contributed by atoms with Gasteiger partial charge in [0.1, 0.15) is 0 Å². The molecule has 8 aromatic rings. The van der Waals surface area contributed by atoms with Crippen molar-refractivity contribution in [1.82, 2.24) is 0 Å². The van der Waals surface area contributed by atoms with Gasteiger partial charge in [0.15, 0.2) is 11.2 Å². The van der Waals surface area contributed by atoms with Gasteiger partial charge < -0.3 is 30.6 Å². The van der Waals surface area contributed by atoms with Gasteiger partial charge in [0.2, 0.25) is 16.3 Å². The SMILES string of the molecule is O=c1cccccc1.O=c1cccccc1Nc1ccc2ccccc2c1-c1c(Nc2cccccc2=O)ccc2ccccc12.O=c1cccccc1O.[CH3-].[CH3-].[Y].[Y]. The number of hydrogen-bond acceptors (Lipinski definition) is 7. The molecule has 0 amide bonds. The molecule has 9 heteroatoms. The van der Waals surface area contributed by atoms with E-state index in [1.165, 1.54) is 24.3 Å². The third-order valence-corrected chi connectivity index (χ3v) is 8.47. The molecule has 0 fully saturated rings.